The number of amides is 1. The van der Waals surface area contributed by atoms with Crippen LogP contribution in [0.15, 0.2) is 39.4 Å². The molecule has 2 heterocycles. The van der Waals surface area contributed by atoms with Gasteiger partial charge in [-0.3, -0.25) is 15.0 Å². The Morgan fingerprint density at radius 2 is 2.07 bits per heavy atom. The van der Waals surface area contributed by atoms with Crippen LogP contribution in [0.3, 0.4) is 0 Å². The Kier molecular flexibility index (Phi) is 7.86. The maximum Gasteiger partial charge on any atom is 0.331 e. The molecule has 1 aromatic carbocycles. The number of hydrogen-bond acceptors (Lipinski definition) is 9. The largest absolute Gasteiger partial charge is 0.493 e. The van der Waals surface area contributed by atoms with Gasteiger partial charge in [-0.15, -0.1) is 5.10 Å². The third-order valence-corrected chi connectivity index (χ3v) is 5.41. The Morgan fingerprint density at radius 3 is 2.80 bits per heavy atom. The number of nitrogens with zero attached hydrogens (tertiary/aromatic N) is 3. The van der Waals surface area contributed by atoms with Gasteiger partial charge in [0.1, 0.15) is 6.61 Å². The average Bonchev–Trinajstić information content (AvgIpc) is 3.38. The summed E-state index contributed by atoms with van der Waals surface area (Å²) in [5, 5.41) is 10.8. The van der Waals surface area contributed by atoms with Crippen molar-refractivity contribution >= 4 is 35.0 Å². The topological polar surface area (TPSA) is 102 Å². The van der Waals surface area contributed by atoms with E-state index in [0.717, 1.165) is 43.0 Å². The number of nitrogens with one attached hydrogen (secondary N) is 1. The lowest BCUT2D eigenvalue weighted by molar-refractivity contribution is -0.135. The van der Waals surface area contributed by atoms with Gasteiger partial charge in [0.15, 0.2) is 16.7 Å². The Labute approximate surface area is 179 Å². The lowest BCUT2D eigenvalue weighted by Crippen LogP contribution is -2.25. The van der Waals surface area contributed by atoms with Crippen molar-refractivity contribution in [1.82, 2.24) is 10.2 Å². The van der Waals surface area contributed by atoms with E-state index >= 15 is 0 Å². The minimum absolute atomic E-state index is 0.202. The molecule has 9 nitrogen and oxygen atoms in total. The molecule has 0 spiro atoms. The third kappa shape index (κ3) is 6.07. The Bertz CT molecular complexity index is 878. The van der Waals surface area contributed by atoms with Gasteiger partial charge in [-0.2, -0.15) is 5.10 Å². The lowest BCUT2D eigenvalue weighted by Gasteiger charge is -2.16. The van der Waals surface area contributed by atoms with E-state index in [1.54, 1.807) is 13.2 Å². The molecule has 0 aliphatic carbocycles. The first-order valence-electron chi connectivity index (χ1n) is 9.52. The van der Waals surface area contributed by atoms with E-state index in [-0.39, 0.29) is 10.1 Å². The quantitative estimate of drug-likeness (QED) is 0.289. The summed E-state index contributed by atoms with van der Waals surface area (Å²) >= 11 is 1.01. The monoisotopic (exact) mass is 432 g/mol. The predicted molar refractivity (Wildman–Crippen MR) is 115 cm³/mol. The number of benzene rings is 1. The number of carbonyl (C=O) groups excluding carboxylic acids is 2. The highest BCUT2D eigenvalue weighted by Gasteiger charge is 2.25. The highest BCUT2D eigenvalue weighted by molar-refractivity contribution is 8.18. The van der Waals surface area contributed by atoms with E-state index in [1.807, 2.05) is 12.1 Å². The van der Waals surface area contributed by atoms with Gasteiger partial charge in [0.2, 0.25) is 0 Å². The smallest absolute Gasteiger partial charge is 0.331 e. The Morgan fingerprint density at radius 1 is 1.27 bits per heavy atom. The van der Waals surface area contributed by atoms with Crippen molar-refractivity contribution in [3.05, 3.63) is 34.7 Å². The van der Waals surface area contributed by atoms with Gasteiger partial charge < -0.3 is 14.2 Å². The average molecular weight is 433 g/mol. The SMILES string of the molecule is COC(=O)/C=C1/S/C(=N\N=Cc2ccc(OCCN3CCCC3)c(OC)c2)NC1=O. The summed E-state index contributed by atoms with van der Waals surface area (Å²) in [5.41, 5.74) is 0.766. The van der Waals surface area contributed by atoms with Gasteiger partial charge in [0.25, 0.3) is 5.91 Å². The summed E-state index contributed by atoms with van der Waals surface area (Å²) in [6, 6.07) is 5.48. The van der Waals surface area contributed by atoms with Crippen LogP contribution in [0, 0.1) is 0 Å². The molecule has 2 saturated heterocycles. The van der Waals surface area contributed by atoms with E-state index in [0.29, 0.717) is 18.1 Å². The van der Waals surface area contributed by atoms with Crippen LogP contribution >= 0.6 is 11.8 Å². The molecular weight excluding hydrogens is 408 g/mol. The summed E-state index contributed by atoms with van der Waals surface area (Å²) in [5.74, 6) is 0.264. The van der Waals surface area contributed by atoms with Crippen molar-refractivity contribution in [3.63, 3.8) is 0 Å². The summed E-state index contributed by atoms with van der Waals surface area (Å²) in [6.45, 7) is 3.78. The van der Waals surface area contributed by atoms with Crippen molar-refractivity contribution < 1.29 is 23.8 Å². The highest BCUT2D eigenvalue weighted by atomic mass is 32.2. The lowest BCUT2D eigenvalue weighted by atomic mass is 10.2. The zero-order valence-corrected chi connectivity index (χ0v) is 17.7. The molecule has 0 atom stereocenters. The molecule has 0 bridgehead atoms. The Hall–Kier alpha value is -2.85. The minimum atomic E-state index is -0.604. The van der Waals surface area contributed by atoms with E-state index < -0.39 is 11.9 Å². The first-order chi connectivity index (χ1) is 14.6. The van der Waals surface area contributed by atoms with Crippen molar-refractivity contribution in [2.45, 2.75) is 12.8 Å². The van der Waals surface area contributed by atoms with Crippen LogP contribution in [-0.2, 0) is 14.3 Å². The summed E-state index contributed by atoms with van der Waals surface area (Å²) in [7, 11) is 2.83. The van der Waals surface area contributed by atoms with Crippen molar-refractivity contribution in [3.8, 4) is 11.5 Å². The number of thioether (sulfide) groups is 1. The van der Waals surface area contributed by atoms with E-state index in [9.17, 15) is 9.59 Å². The fourth-order valence-electron chi connectivity index (χ4n) is 2.96. The van der Waals surface area contributed by atoms with Gasteiger partial charge in [-0.05, 0) is 61.5 Å². The second kappa shape index (κ2) is 10.8. The molecule has 0 saturated carbocycles. The standard InChI is InChI=1S/C20H24N4O5S/c1-27-16-11-14(5-6-15(16)29-10-9-24-7-3-4-8-24)13-21-23-20-22-19(26)17(30-20)12-18(25)28-2/h5-6,11-13H,3-4,7-10H2,1-2H3,(H,22,23,26)/b17-12+,21-13?. The second-order valence-corrected chi connectivity index (χ2v) is 7.58. The maximum atomic E-state index is 11.8. The molecule has 2 aliphatic heterocycles. The molecule has 30 heavy (non-hydrogen) atoms. The van der Waals surface area contributed by atoms with Crippen LogP contribution in [0.4, 0.5) is 0 Å². The molecule has 0 radical (unpaired) electrons. The number of carbonyl (C=O) groups is 2. The second-order valence-electron chi connectivity index (χ2n) is 6.55. The number of esters is 1. The van der Waals surface area contributed by atoms with Crippen molar-refractivity contribution in [2.24, 2.45) is 10.2 Å². The maximum absolute atomic E-state index is 11.8. The van der Waals surface area contributed by atoms with E-state index in [1.165, 1.54) is 26.2 Å². The summed E-state index contributed by atoms with van der Waals surface area (Å²) in [6.07, 6.45) is 5.16. The molecule has 1 aromatic rings. The molecule has 10 heteroatoms. The molecule has 2 aliphatic rings. The molecular formula is C20H24N4O5S. The molecule has 0 aromatic heterocycles. The third-order valence-electron chi connectivity index (χ3n) is 4.51. The molecule has 1 N–H and O–H groups in total. The van der Waals surface area contributed by atoms with E-state index in [2.05, 4.69) is 25.2 Å². The van der Waals surface area contributed by atoms with Gasteiger partial charge in [-0.1, -0.05) is 0 Å². The van der Waals surface area contributed by atoms with Crippen LogP contribution in [0.25, 0.3) is 0 Å². The number of likely N-dealkylation sites (tertiary alicyclic amines) is 1. The van der Waals surface area contributed by atoms with Gasteiger partial charge in [-0.25, -0.2) is 4.79 Å². The fraction of sp³-hybridized carbons (Fsp3) is 0.400. The number of amidine groups is 1. The Balaban J connectivity index is 1.57. The fourth-order valence-corrected chi connectivity index (χ4v) is 3.70. The van der Waals surface area contributed by atoms with Crippen LogP contribution in [0.1, 0.15) is 18.4 Å². The number of rotatable bonds is 8. The molecule has 0 unspecified atom stereocenters. The predicted octanol–water partition coefficient (Wildman–Crippen LogP) is 1.78. The first kappa shape index (κ1) is 21.8. The normalized spacial score (nSPS) is 19.6. The van der Waals surface area contributed by atoms with Gasteiger partial charge in [0.05, 0.1) is 25.3 Å². The summed E-state index contributed by atoms with van der Waals surface area (Å²) in [4.78, 5) is 25.6. The molecule has 1 amide bonds. The van der Waals surface area contributed by atoms with Crippen LogP contribution in [-0.4, -0.2) is 68.6 Å². The number of hydrogen-bond donors (Lipinski definition) is 1. The number of ether oxygens (including phenoxy) is 3. The first-order valence-corrected chi connectivity index (χ1v) is 10.3. The molecule has 160 valence electrons. The van der Waals surface area contributed by atoms with Crippen LogP contribution in [0.2, 0.25) is 0 Å². The zero-order valence-electron chi connectivity index (χ0n) is 16.9. The molecule has 3 rings (SSSR count). The minimum Gasteiger partial charge on any atom is -0.493 e. The molecule has 2 fully saturated rings. The van der Waals surface area contributed by atoms with Crippen LogP contribution < -0.4 is 14.8 Å². The van der Waals surface area contributed by atoms with Crippen LogP contribution in [0.5, 0.6) is 11.5 Å². The van der Waals surface area contributed by atoms with Gasteiger partial charge in [0, 0.05) is 12.6 Å². The van der Waals surface area contributed by atoms with Crippen molar-refractivity contribution in [2.75, 3.05) is 40.5 Å². The zero-order chi connectivity index (χ0) is 21.3. The number of methoxy groups -OCH3 is 2. The highest BCUT2D eigenvalue weighted by Crippen LogP contribution is 2.28. The summed E-state index contributed by atoms with van der Waals surface area (Å²) < 4.78 is 15.8. The van der Waals surface area contributed by atoms with Gasteiger partial charge >= 0.3 is 5.97 Å². The van der Waals surface area contributed by atoms with E-state index in [4.69, 9.17) is 9.47 Å². The van der Waals surface area contributed by atoms with Crippen molar-refractivity contribution in [1.29, 1.82) is 0 Å².